The van der Waals surface area contributed by atoms with Gasteiger partial charge in [0, 0.05) is 18.9 Å². The van der Waals surface area contributed by atoms with Gasteiger partial charge in [-0.1, -0.05) is 37.3 Å². The van der Waals surface area contributed by atoms with Crippen LogP contribution >= 0.6 is 0 Å². The van der Waals surface area contributed by atoms with Crippen LogP contribution in [0, 0.1) is 5.92 Å². The number of hydrogen-bond acceptors (Lipinski definition) is 2. The Kier molecular flexibility index (Phi) is 5.91. The molecule has 2 N–H and O–H groups in total. The molecule has 0 aliphatic carbocycles. The second kappa shape index (κ2) is 7.48. The van der Waals surface area contributed by atoms with Gasteiger partial charge >= 0.3 is 5.97 Å². The smallest absolute Gasteiger partial charge is 0.303 e. The van der Waals surface area contributed by atoms with E-state index in [9.17, 15) is 9.59 Å². The molecule has 0 aliphatic heterocycles. The van der Waals surface area contributed by atoms with E-state index in [4.69, 9.17) is 5.11 Å². The van der Waals surface area contributed by atoms with Gasteiger partial charge in [0.15, 0.2) is 0 Å². The molecule has 98 valence electrons. The van der Waals surface area contributed by atoms with Gasteiger partial charge in [-0.3, -0.25) is 9.59 Å². The molecule has 4 heteroatoms. The molecule has 18 heavy (non-hydrogen) atoms. The number of hydrogen-bond donors (Lipinski definition) is 2. The fraction of sp³-hybridized carbons (Fsp3) is 0.429. The van der Waals surface area contributed by atoms with Gasteiger partial charge in [0.05, 0.1) is 0 Å². The van der Waals surface area contributed by atoms with E-state index in [0.29, 0.717) is 19.4 Å². The largest absolute Gasteiger partial charge is 0.481 e. The number of aliphatic carboxylic acids is 1. The summed E-state index contributed by atoms with van der Waals surface area (Å²) >= 11 is 0. The standard InChI is InChI=1S/C14H19NO3/c1-11(10-12-6-3-2-4-7-12)14(18)15-9-5-8-13(16)17/h2-4,6-7,11H,5,8-10H2,1H3,(H,15,18)(H,16,17). The summed E-state index contributed by atoms with van der Waals surface area (Å²) in [6, 6.07) is 9.84. The van der Waals surface area contributed by atoms with Crippen molar-refractivity contribution < 1.29 is 14.7 Å². The summed E-state index contributed by atoms with van der Waals surface area (Å²) in [5.74, 6) is -0.956. The monoisotopic (exact) mass is 249 g/mol. The average molecular weight is 249 g/mol. The van der Waals surface area contributed by atoms with Gasteiger partial charge in [0.1, 0.15) is 0 Å². The summed E-state index contributed by atoms with van der Waals surface area (Å²) in [6.07, 6.45) is 1.26. The summed E-state index contributed by atoms with van der Waals surface area (Å²) in [4.78, 5) is 22.0. The van der Waals surface area contributed by atoms with E-state index >= 15 is 0 Å². The Hall–Kier alpha value is -1.84. The van der Waals surface area contributed by atoms with Crippen LogP contribution in [-0.2, 0) is 16.0 Å². The van der Waals surface area contributed by atoms with E-state index in [1.54, 1.807) is 0 Å². The number of carboxylic acid groups (broad SMARTS) is 1. The van der Waals surface area contributed by atoms with E-state index in [0.717, 1.165) is 5.56 Å². The van der Waals surface area contributed by atoms with Crippen molar-refractivity contribution in [1.82, 2.24) is 5.32 Å². The molecule has 0 bridgehead atoms. The SMILES string of the molecule is CC(Cc1ccccc1)C(=O)NCCCC(=O)O. The summed E-state index contributed by atoms with van der Waals surface area (Å²) < 4.78 is 0. The van der Waals surface area contributed by atoms with Gasteiger partial charge < -0.3 is 10.4 Å². The van der Waals surface area contributed by atoms with Crippen LogP contribution in [-0.4, -0.2) is 23.5 Å². The lowest BCUT2D eigenvalue weighted by atomic mass is 10.0. The molecule has 1 rings (SSSR count). The predicted octanol–water partition coefficient (Wildman–Crippen LogP) is 1.85. The first-order chi connectivity index (χ1) is 8.59. The third-order valence-electron chi connectivity index (χ3n) is 2.70. The summed E-state index contributed by atoms with van der Waals surface area (Å²) in [5, 5.41) is 11.2. The molecule has 0 heterocycles. The molecule has 1 aromatic rings. The molecule has 1 amide bonds. The van der Waals surface area contributed by atoms with Gasteiger partial charge in [-0.2, -0.15) is 0 Å². The number of nitrogens with one attached hydrogen (secondary N) is 1. The van der Waals surface area contributed by atoms with Crippen molar-refractivity contribution >= 4 is 11.9 Å². The number of carboxylic acids is 1. The molecule has 0 fully saturated rings. The lowest BCUT2D eigenvalue weighted by Gasteiger charge is -2.11. The maximum atomic E-state index is 11.7. The minimum Gasteiger partial charge on any atom is -0.481 e. The van der Waals surface area contributed by atoms with Crippen LogP contribution in [0.5, 0.6) is 0 Å². The Morgan fingerprint density at radius 1 is 1.28 bits per heavy atom. The quantitative estimate of drug-likeness (QED) is 0.725. The Bertz CT molecular complexity index is 389. The van der Waals surface area contributed by atoms with Crippen LogP contribution in [0.3, 0.4) is 0 Å². The van der Waals surface area contributed by atoms with Gasteiger partial charge in [0.25, 0.3) is 0 Å². The molecular formula is C14H19NO3. The molecule has 1 atom stereocenters. The summed E-state index contributed by atoms with van der Waals surface area (Å²) in [7, 11) is 0. The number of amides is 1. The highest BCUT2D eigenvalue weighted by molar-refractivity contribution is 5.78. The Morgan fingerprint density at radius 3 is 2.56 bits per heavy atom. The molecule has 0 saturated heterocycles. The van der Waals surface area contributed by atoms with Crippen molar-refractivity contribution in [3.8, 4) is 0 Å². The first-order valence-corrected chi connectivity index (χ1v) is 6.13. The Balaban J connectivity index is 2.27. The first kappa shape index (κ1) is 14.2. The zero-order chi connectivity index (χ0) is 13.4. The van der Waals surface area contributed by atoms with E-state index in [-0.39, 0.29) is 18.2 Å². The zero-order valence-corrected chi connectivity index (χ0v) is 10.6. The zero-order valence-electron chi connectivity index (χ0n) is 10.6. The highest BCUT2D eigenvalue weighted by atomic mass is 16.4. The number of carbonyl (C=O) groups excluding carboxylic acids is 1. The fourth-order valence-electron chi connectivity index (χ4n) is 1.69. The minimum absolute atomic E-state index is 0.0239. The number of rotatable bonds is 7. The molecular weight excluding hydrogens is 230 g/mol. The second-order valence-electron chi connectivity index (χ2n) is 4.38. The molecule has 1 unspecified atom stereocenters. The van der Waals surface area contributed by atoms with Gasteiger partial charge in [-0.15, -0.1) is 0 Å². The molecule has 0 saturated carbocycles. The first-order valence-electron chi connectivity index (χ1n) is 6.13. The molecule has 0 aliphatic rings. The maximum absolute atomic E-state index is 11.7. The highest BCUT2D eigenvalue weighted by Gasteiger charge is 2.12. The van der Waals surface area contributed by atoms with E-state index in [1.165, 1.54) is 0 Å². The van der Waals surface area contributed by atoms with E-state index in [1.807, 2.05) is 37.3 Å². The van der Waals surface area contributed by atoms with Crippen molar-refractivity contribution in [2.45, 2.75) is 26.2 Å². The highest BCUT2D eigenvalue weighted by Crippen LogP contribution is 2.08. The molecule has 0 aromatic heterocycles. The van der Waals surface area contributed by atoms with Gasteiger partial charge in [-0.05, 0) is 18.4 Å². The normalized spacial score (nSPS) is 11.8. The summed E-state index contributed by atoms with van der Waals surface area (Å²) in [5.41, 5.74) is 1.13. The Labute approximate surface area is 107 Å². The minimum atomic E-state index is -0.832. The summed E-state index contributed by atoms with van der Waals surface area (Å²) in [6.45, 7) is 2.30. The number of carbonyl (C=O) groups is 2. The Morgan fingerprint density at radius 2 is 1.94 bits per heavy atom. The van der Waals surface area contributed by atoms with Crippen molar-refractivity contribution in [1.29, 1.82) is 0 Å². The topological polar surface area (TPSA) is 66.4 Å². The maximum Gasteiger partial charge on any atom is 0.303 e. The second-order valence-corrected chi connectivity index (χ2v) is 4.38. The predicted molar refractivity (Wildman–Crippen MR) is 69.2 cm³/mol. The average Bonchev–Trinajstić information content (AvgIpc) is 2.35. The molecule has 4 nitrogen and oxygen atoms in total. The van der Waals surface area contributed by atoms with E-state index in [2.05, 4.69) is 5.32 Å². The van der Waals surface area contributed by atoms with Crippen LogP contribution in [0.2, 0.25) is 0 Å². The molecule has 1 aromatic carbocycles. The number of benzene rings is 1. The lowest BCUT2D eigenvalue weighted by Crippen LogP contribution is -2.31. The van der Waals surface area contributed by atoms with Crippen LogP contribution in [0.25, 0.3) is 0 Å². The molecule has 0 spiro atoms. The third-order valence-corrected chi connectivity index (χ3v) is 2.70. The van der Waals surface area contributed by atoms with Crippen molar-refractivity contribution in [2.75, 3.05) is 6.54 Å². The van der Waals surface area contributed by atoms with Crippen molar-refractivity contribution in [2.24, 2.45) is 5.92 Å². The van der Waals surface area contributed by atoms with Crippen LogP contribution in [0.4, 0.5) is 0 Å². The van der Waals surface area contributed by atoms with Crippen LogP contribution in [0.15, 0.2) is 30.3 Å². The van der Waals surface area contributed by atoms with Crippen LogP contribution in [0.1, 0.15) is 25.3 Å². The van der Waals surface area contributed by atoms with Gasteiger partial charge in [-0.25, -0.2) is 0 Å². The fourth-order valence-corrected chi connectivity index (χ4v) is 1.69. The van der Waals surface area contributed by atoms with E-state index < -0.39 is 5.97 Å². The van der Waals surface area contributed by atoms with Crippen molar-refractivity contribution in [3.63, 3.8) is 0 Å². The lowest BCUT2D eigenvalue weighted by molar-refractivity contribution is -0.137. The molecule has 0 radical (unpaired) electrons. The van der Waals surface area contributed by atoms with Crippen molar-refractivity contribution in [3.05, 3.63) is 35.9 Å². The van der Waals surface area contributed by atoms with Crippen LogP contribution < -0.4 is 5.32 Å². The third kappa shape index (κ3) is 5.48. The van der Waals surface area contributed by atoms with Gasteiger partial charge in [0.2, 0.25) is 5.91 Å².